The lowest BCUT2D eigenvalue weighted by molar-refractivity contribution is -0.158. The van der Waals surface area contributed by atoms with Crippen molar-refractivity contribution in [3.8, 4) is 0 Å². The highest BCUT2D eigenvalue weighted by Crippen LogP contribution is 2.48. The Labute approximate surface area is 241 Å². The minimum absolute atomic E-state index is 0.198. The van der Waals surface area contributed by atoms with Crippen LogP contribution in [0.4, 0.5) is 0 Å². The molecule has 2 N–H and O–H groups in total. The van der Waals surface area contributed by atoms with Crippen LogP contribution in [0.15, 0.2) is 91.0 Å². The summed E-state index contributed by atoms with van der Waals surface area (Å²) in [4.78, 5) is 36.0. The summed E-state index contributed by atoms with van der Waals surface area (Å²) >= 11 is 1.88. The highest BCUT2D eigenvalue weighted by atomic mass is 32.2. The number of thioether (sulfide) groups is 1. The summed E-state index contributed by atoms with van der Waals surface area (Å²) in [6.45, 7) is 5.13. The number of nitrogens with one attached hydrogen (secondary N) is 1. The van der Waals surface area contributed by atoms with Gasteiger partial charge in [-0.2, -0.15) is 0 Å². The van der Waals surface area contributed by atoms with Crippen LogP contribution >= 0.6 is 11.8 Å². The second-order valence-corrected chi connectivity index (χ2v) is 12.0. The summed E-state index contributed by atoms with van der Waals surface area (Å²) in [6.07, 6.45) is 2.13. The molecule has 0 saturated heterocycles. The van der Waals surface area contributed by atoms with Crippen molar-refractivity contribution in [2.75, 3.05) is 5.75 Å². The molecule has 0 unspecified atom stereocenters. The number of hydrogen-bond donors (Lipinski definition) is 2. The number of carbonyl (C=O) groups excluding carboxylic acids is 2. The standard InChI is InChI=1S/C33H39NO5S/c1-32(2,3)39-30(36)24-28(31(37)38)34-29(35)22-14-7-15-23-40-33(25-16-8-4-9-17-25,26-18-10-5-11-19-26)27-20-12-6-13-21-27/h4-6,8-13,16-21,28H,7,14-15,22-24H2,1-3H3,(H,34,35)(H,37,38)/t28-/m0/s1. The Morgan fingerprint density at radius 1 is 0.775 bits per heavy atom. The molecule has 0 aliphatic heterocycles. The summed E-state index contributed by atoms with van der Waals surface area (Å²) in [5, 5.41) is 11.9. The molecule has 0 fully saturated rings. The maximum atomic E-state index is 12.4. The first kappa shape index (κ1) is 31.0. The van der Waals surface area contributed by atoms with Crippen molar-refractivity contribution in [3.05, 3.63) is 108 Å². The van der Waals surface area contributed by atoms with Gasteiger partial charge in [-0.3, -0.25) is 9.59 Å². The summed E-state index contributed by atoms with van der Waals surface area (Å²) < 4.78 is 4.82. The number of amides is 1. The van der Waals surface area contributed by atoms with Crippen molar-refractivity contribution in [2.24, 2.45) is 0 Å². The average Bonchev–Trinajstić information content (AvgIpc) is 2.93. The molecule has 0 spiro atoms. The minimum Gasteiger partial charge on any atom is -0.480 e. The second kappa shape index (κ2) is 14.7. The van der Waals surface area contributed by atoms with E-state index >= 15 is 0 Å². The minimum atomic E-state index is -1.30. The SMILES string of the molecule is CC(C)(C)OC(=O)C[C@H](NC(=O)CCCCCSC(c1ccccc1)(c1ccccc1)c1ccccc1)C(=O)O. The Balaban J connectivity index is 1.59. The van der Waals surface area contributed by atoms with E-state index in [9.17, 15) is 19.5 Å². The topological polar surface area (TPSA) is 92.7 Å². The van der Waals surface area contributed by atoms with Gasteiger partial charge in [0.2, 0.25) is 5.91 Å². The maximum absolute atomic E-state index is 12.4. The Kier molecular flexibility index (Phi) is 11.4. The van der Waals surface area contributed by atoms with Crippen LogP contribution in [0, 0.1) is 0 Å². The molecule has 6 nitrogen and oxygen atoms in total. The molecule has 0 heterocycles. The third kappa shape index (κ3) is 8.98. The van der Waals surface area contributed by atoms with Crippen LogP contribution in [0.1, 0.15) is 69.6 Å². The molecule has 0 radical (unpaired) electrons. The predicted molar refractivity (Wildman–Crippen MR) is 160 cm³/mol. The van der Waals surface area contributed by atoms with E-state index in [0.29, 0.717) is 6.42 Å². The number of carboxylic acids is 1. The first-order valence-electron chi connectivity index (χ1n) is 13.7. The quantitative estimate of drug-likeness (QED) is 0.131. The summed E-state index contributed by atoms with van der Waals surface area (Å²) in [7, 11) is 0. The van der Waals surface area contributed by atoms with Crippen molar-refractivity contribution in [3.63, 3.8) is 0 Å². The van der Waals surface area contributed by atoms with Crippen molar-refractivity contribution in [2.45, 2.75) is 69.3 Å². The largest absolute Gasteiger partial charge is 0.480 e. The molecule has 3 rings (SSSR count). The Morgan fingerprint density at radius 3 is 1.68 bits per heavy atom. The summed E-state index contributed by atoms with van der Waals surface area (Å²) in [5.74, 6) is -1.42. The van der Waals surface area contributed by atoms with Gasteiger partial charge in [0.15, 0.2) is 0 Å². The highest BCUT2D eigenvalue weighted by molar-refractivity contribution is 8.00. The molecule has 0 aliphatic rings. The molecule has 0 aromatic heterocycles. The summed E-state index contributed by atoms with van der Waals surface area (Å²) in [6, 6.07) is 30.3. The lowest BCUT2D eigenvalue weighted by atomic mass is 9.84. The number of carbonyl (C=O) groups is 3. The second-order valence-electron chi connectivity index (χ2n) is 10.7. The number of aliphatic carboxylic acids is 1. The number of hydrogen-bond acceptors (Lipinski definition) is 5. The van der Waals surface area contributed by atoms with E-state index in [4.69, 9.17) is 4.74 Å². The number of carboxylic acid groups (broad SMARTS) is 1. The molecule has 3 aromatic carbocycles. The first-order valence-corrected chi connectivity index (χ1v) is 14.6. The summed E-state index contributed by atoms with van der Waals surface area (Å²) in [5.41, 5.74) is 2.91. The molecule has 1 atom stereocenters. The van der Waals surface area contributed by atoms with E-state index in [2.05, 4.69) is 78.1 Å². The van der Waals surface area contributed by atoms with Gasteiger partial charge in [0.05, 0.1) is 11.2 Å². The molecule has 212 valence electrons. The van der Waals surface area contributed by atoms with Gasteiger partial charge < -0.3 is 15.2 Å². The molecular weight excluding hydrogens is 522 g/mol. The molecule has 40 heavy (non-hydrogen) atoms. The van der Waals surface area contributed by atoms with Crippen molar-refractivity contribution >= 4 is 29.6 Å². The van der Waals surface area contributed by atoms with Gasteiger partial charge >= 0.3 is 11.9 Å². The zero-order valence-electron chi connectivity index (χ0n) is 23.5. The van der Waals surface area contributed by atoms with E-state index in [1.165, 1.54) is 16.7 Å². The van der Waals surface area contributed by atoms with E-state index in [0.717, 1.165) is 18.6 Å². The number of rotatable bonds is 14. The van der Waals surface area contributed by atoms with E-state index in [1.54, 1.807) is 20.8 Å². The van der Waals surface area contributed by atoms with Gasteiger partial charge in [0, 0.05) is 6.42 Å². The number of esters is 1. The molecule has 0 aliphatic carbocycles. The molecule has 1 amide bonds. The van der Waals surface area contributed by atoms with Crippen LogP contribution in [0.5, 0.6) is 0 Å². The normalized spacial score (nSPS) is 12.4. The molecule has 3 aromatic rings. The zero-order valence-corrected chi connectivity index (χ0v) is 24.3. The number of ether oxygens (including phenoxy) is 1. The van der Waals surface area contributed by atoms with Crippen LogP contribution in [-0.4, -0.2) is 40.3 Å². The van der Waals surface area contributed by atoms with Gasteiger partial charge in [-0.15, -0.1) is 11.8 Å². The van der Waals surface area contributed by atoms with Crippen LogP contribution in [0.25, 0.3) is 0 Å². The fourth-order valence-corrected chi connectivity index (χ4v) is 6.14. The third-order valence-corrected chi connectivity index (χ3v) is 7.96. The van der Waals surface area contributed by atoms with Crippen molar-refractivity contribution < 1.29 is 24.2 Å². The maximum Gasteiger partial charge on any atom is 0.326 e. The Morgan fingerprint density at radius 2 is 1.25 bits per heavy atom. The number of unbranched alkanes of at least 4 members (excludes halogenated alkanes) is 2. The average molecular weight is 562 g/mol. The number of benzene rings is 3. The van der Waals surface area contributed by atoms with Crippen molar-refractivity contribution in [1.29, 1.82) is 0 Å². The van der Waals surface area contributed by atoms with E-state index < -0.39 is 30.0 Å². The van der Waals surface area contributed by atoms with E-state index in [1.807, 2.05) is 30.0 Å². The van der Waals surface area contributed by atoms with Crippen molar-refractivity contribution in [1.82, 2.24) is 5.32 Å². The monoisotopic (exact) mass is 561 g/mol. The van der Waals surface area contributed by atoms with Crippen LogP contribution < -0.4 is 5.32 Å². The zero-order chi connectivity index (χ0) is 29.0. The first-order chi connectivity index (χ1) is 19.1. The van der Waals surface area contributed by atoms with Crippen LogP contribution in [0.3, 0.4) is 0 Å². The van der Waals surface area contributed by atoms with Crippen LogP contribution in [-0.2, 0) is 23.9 Å². The molecule has 0 saturated carbocycles. The molecule has 7 heteroatoms. The van der Waals surface area contributed by atoms with Gasteiger partial charge in [-0.05, 0) is 56.1 Å². The fraction of sp³-hybridized carbons (Fsp3) is 0.364. The third-order valence-electron chi connectivity index (χ3n) is 6.33. The van der Waals surface area contributed by atoms with Gasteiger partial charge in [0.25, 0.3) is 0 Å². The lowest BCUT2D eigenvalue weighted by Gasteiger charge is -2.35. The molecular formula is C33H39NO5S. The fourth-order valence-electron chi connectivity index (χ4n) is 4.57. The van der Waals surface area contributed by atoms with Gasteiger partial charge in [-0.1, -0.05) is 97.4 Å². The molecule has 0 bridgehead atoms. The highest BCUT2D eigenvalue weighted by Gasteiger charge is 2.36. The van der Waals surface area contributed by atoms with Crippen LogP contribution in [0.2, 0.25) is 0 Å². The van der Waals surface area contributed by atoms with Gasteiger partial charge in [-0.25, -0.2) is 4.79 Å². The lowest BCUT2D eigenvalue weighted by Crippen LogP contribution is -2.43. The predicted octanol–water partition coefficient (Wildman–Crippen LogP) is 6.57. The van der Waals surface area contributed by atoms with Gasteiger partial charge in [0.1, 0.15) is 11.6 Å². The smallest absolute Gasteiger partial charge is 0.326 e. The Bertz CT molecular complexity index is 1130. The Hall–Kier alpha value is -3.58. The van der Waals surface area contributed by atoms with E-state index in [-0.39, 0.29) is 17.1 Å².